The summed E-state index contributed by atoms with van der Waals surface area (Å²) in [5, 5.41) is 12.8. The number of hydrogen-bond donors (Lipinski definition) is 0. The molecule has 0 saturated carbocycles. The summed E-state index contributed by atoms with van der Waals surface area (Å²) in [5.74, 6) is 0. The van der Waals surface area contributed by atoms with Gasteiger partial charge in [0.25, 0.3) is 0 Å². The molecule has 0 amide bonds. The molecule has 0 saturated heterocycles. The first kappa shape index (κ1) is 38.4. The fourth-order valence-corrected chi connectivity index (χ4v) is 10.7. The lowest BCUT2D eigenvalue weighted by Crippen LogP contribution is -2.10. The molecule has 11 aromatic carbocycles. The Labute approximate surface area is 376 Å². The maximum absolute atomic E-state index is 2.55. The van der Waals surface area contributed by atoms with Crippen molar-refractivity contribution in [1.29, 1.82) is 0 Å². The molecule has 1 aliphatic rings. The zero-order chi connectivity index (χ0) is 43.5. The fourth-order valence-electron chi connectivity index (χ4n) is 10.7. The van der Waals surface area contributed by atoms with Gasteiger partial charge in [0.2, 0.25) is 0 Å². The molecule has 11 aromatic rings. The molecular formula is C64H50. The van der Waals surface area contributed by atoms with Gasteiger partial charge in [-0.3, -0.25) is 0 Å². The molecule has 0 N–H and O–H groups in total. The standard InChI is InChI=1S/C64H50/c1-63(2,3)47-27-22-40(23-28-47)44-26-31-49-46(35-44)36-55-54-37-57-58(38-56(54)61-50(32-33-53(49)62(55)61)41-24-29-48(30-25-41)64(4,5)6)59(42-15-8-7-9-16-42)51-18-12-13-19-52(51)60(57)45-21-20-39-14-10-11-17-43(39)34-45/h7-38H,1-6H3. The molecular weight excluding hydrogens is 769 g/mol. The van der Waals surface area contributed by atoms with Crippen LogP contribution in [0.15, 0.2) is 194 Å². The smallest absolute Gasteiger partial charge is 0.00137 e. The highest BCUT2D eigenvalue weighted by atomic mass is 14.3. The van der Waals surface area contributed by atoms with Gasteiger partial charge in [-0.25, -0.2) is 0 Å². The Morgan fingerprint density at radius 3 is 1.45 bits per heavy atom. The van der Waals surface area contributed by atoms with Gasteiger partial charge < -0.3 is 0 Å². The van der Waals surface area contributed by atoms with Crippen molar-refractivity contribution in [2.45, 2.75) is 52.4 Å². The van der Waals surface area contributed by atoms with Crippen molar-refractivity contribution in [2.24, 2.45) is 0 Å². The van der Waals surface area contributed by atoms with E-state index < -0.39 is 0 Å². The highest BCUT2D eigenvalue weighted by Crippen LogP contribution is 2.56. The molecule has 1 aliphatic carbocycles. The summed E-state index contributed by atoms with van der Waals surface area (Å²) in [6.07, 6.45) is 0. The van der Waals surface area contributed by atoms with Crippen LogP contribution < -0.4 is 0 Å². The summed E-state index contributed by atoms with van der Waals surface area (Å²) in [4.78, 5) is 0. The highest BCUT2D eigenvalue weighted by molar-refractivity contribution is 6.30. The minimum atomic E-state index is 0.0726. The van der Waals surface area contributed by atoms with Crippen molar-refractivity contribution < 1.29 is 0 Å². The van der Waals surface area contributed by atoms with E-state index in [1.807, 2.05) is 0 Å². The molecule has 0 spiro atoms. The van der Waals surface area contributed by atoms with Crippen LogP contribution in [0.5, 0.6) is 0 Å². The van der Waals surface area contributed by atoms with E-state index in [1.54, 1.807) is 0 Å². The van der Waals surface area contributed by atoms with Crippen LogP contribution in [0.2, 0.25) is 0 Å². The van der Waals surface area contributed by atoms with Gasteiger partial charge in [-0.15, -0.1) is 0 Å². The molecule has 64 heavy (non-hydrogen) atoms. The Hall–Kier alpha value is -7.28. The first-order chi connectivity index (χ1) is 31.0. The lowest BCUT2D eigenvalue weighted by Gasteiger charge is -2.20. The maximum Gasteiger partial charge on any atom is -0.00137 e. The second-order valence-corrected chi connectivity index (χ2v) is 20.1. The van der Waals surface area contributed by atoms with Crippen LogP contribution >= 0.6 is 0 Å². The maximum atomic E-state index is 2.55. The van der Waals surface area contributed by atoms with Crippen LogP contribution in [-0.2, 0) is 10.8 Å². The Morgan fingerprint density at radius 2 is 0.781 bits per heavy atom. The minimum Gasteiger partial charge on any atom is -0.0622 e. The third kappa shape index (κ3) is 6.04. The summed E-state index contributed by atoms with van der Waals surface area (Å²) in [6.45, 7) is 13.7. The SMILES string of the molecule is CC(C)(C)c1ccc(-c2ccc3c(c2)cc2c4c(c(-c5ccc(C(C)(C)C)cc5)ccc43)-c3cc4c(-c5ccccc5)c5ccccc5c(-c5ccc6ccccc6c5)c4cc3-2)cc1. The normalized spacial score (nSPS) is 12.5. The van der Waals surface area contributed by atoms with Crippen molar-refractivity contribution in [3.63, 3.8) is 0 Å². The molecule has 0 radical (unpaired) electrons. The minimum absolute atomic E-state index is 0.0726. The summed E-state index contributed by atoms with van der Waals surface area (Å²) in [5.41, 5.74) is 18.1. The van der Waals surface area contributed by atoms with E-state index in [0.29, 0.717) is 0 Å². The Morgan fingerprint density at radius 1 is 0.250 bits per heavy atom. The van der Waals surface area contributed by atoms with E-state index in [-0.39, 0.29) is 10.8 Å². The van der Waals surface area contributed by atoms with Gasteiger partial charge in [0.05, 0.1) is 0 Å². The van der Waals surface area contributed by atoms with Gasteiger partial charge in [-0.1, -0.05) is 205 Å². The monoisotopic (exact) mass is 818 g/mol. The zero-order valence-electron chi connectivity index (χ0n) is 37.5. The summed E-state index contributed by atoms with van der Waals surface area (Å²) in [6, 6.07) is 73.8. The predicted octanol–water partition coefficient (Wildman–Crippen LogP) is 18.4. The van der Waals surface area contributed by atoms with E-state index in [0.717, 1.165) is 0 Å². The van der Waals surface area contributed by atoms with Crippen molar-refractivity contribution in [1.82, 2.24) is 0 Å². The molecule has 0 heteroatoms. The lowest BCUT2D eigenvalue weighted by molar-refractivity contribution is 0.590. The molecule has 0 fully saturated rings. The first-order valence-electron chi connectivity index (χ1n) is 22.8. The third-order valence-electron chi connectivity index (χ3n) is 14.1. The number of fused-ring (bicyclic) bond motifs is 8. The quantitative estimate of drug-likeness (QED) is 0.123. The van der Waals surface area contributed by atoms with Crippen LogP contribution in [0.4, 0.5) is 0 Å². The van der Waals surface area contributed by atoms with Crippen molar-refractivity contribution in [3.05, 3.63) is 205 Å². The number of rotatable bonds is 4. The van der Waals surface area contributed by atoms with Crippen molar-refractivity contribution in [3.8, 4) is 66.8 Å². The zero-order valence-corrected chi connectivity index (χ0v) is 37.5. The Kier molecular flexibility index (Phi) is 8.47. The fraction of sp³-hybridized carbons (Fsp3) is 0.125. The molecule has 0 nitrogen and oxygen atoms in total. The van der Waals surface area contributed by atoms with E-state index in [9.17, 15) is 0 Å². The van der Waals surface area contributed by atoms with Gasteiger partial charge in [0.15, 0.2) is 0 Å². The molecule has 0 aliphatic heterocycles. The second-order valence-electron chi connectivity index (χ2n) is 20.1. The molecule has 12 rings (SSSR count). The van der Waals surface area contributed by atoms with Crippen LogP contribution in [0.1, 0.15) is 52.7 Å². The van der Waals surface area contributed by atoms with Crippen LogP contribution in [0.3, 0.4) is 0 Å². The second kappa shape index (κ2) is 14.1. The average Bonchev–Trinajstić information content (AvgIpc) is 3.62. The van der Waals surface area contributed by atoms with E-state index in [2.05, 4.69) is 236 Å². The number of benzene rings is 11. The van der Waals surface area contributed by atoms with Gasteiger partial charge in [-0.05, 0) is 173 Å². The average molecular weight is 819 g/mol. The third-order valence-corrected chi connectivity index (χ3v) is 14.1. The van der Waals surface area contributed by atoms with Crippen LogP contribution in [-0.4, -0.2) is 0 Å². The van der Waals surface area contributed by atoms with Crippen molar-refractivity contribution >= 4 is 53.9 Å². The molecule has 306 valence electrons. The topological polar surface area (TPSA) is 0 Å². The van der Waals surface area contributed by atoms with Gasteiger partial charge in [0.1, 0.15) is 0 Å². The number of hydrogen-bond acceptors (Lipinski definition) is 0. The Balaban J connectivity index is 1.19. The molecule has 0 aromatic heterocycles. The molecule has 0 atom stereocenters. The molecule has 0 bridgehead atoms. The highest BCUT2D eigenvalue weighted by Gasteiger charge is 2.29. The molecule has 0 unspecified atom stereocenters. The van der Waals surface area contributed by atoms with Crippen LogP contribution in [0.25, 0.3) is 121 Å². The lowest BCUT2D eigenvalue weighted by atomic mass is 9.83. The van der Waals surface area contributed by atoms with E-state index in [4.69, 9.17) is 0 Å². The summed E-state index contributed by atoms with van der Waals surface area (Å²) < 4.78 is 0. The van der Waals surface area contributed by atoms with Gasteiger partial charge >= 0.3 is 0 Å². The van der Waals surface area contributed by atoms with E-state index >= 15 is 0 Å². The Bertz CT molecular complexity index is 3680. The first-order valence-corrected chi connectivity index (χ1v) is 22.8. The predicted molar refractivity (Wildman–Crippen MR) is 278 cm³/mol. The van der Waals surface area contributed by atoms with Gasteiger partial charge in [0, 0.05) is 0 Å². The van der Waals surface area contributed by atoms with Crippen LogP contribution in [0, 0.1) is 0 Å². The van der Waals surface area contributed by atoms with Gasteiger partial charge in [-0.2, -0.15) is 0 Å². The summed E-state index contributed by atoms with van der Waals surface area (Å²) in [7, 11) is 0. The van der Waals surface area contributed by atoms with Crippen molar-refractivity contribution in [2.75, 3.05) is 0 Å². The molecule has 0 heterocycles. The largest absolute Gasteiger partial charge is 0.0622 e. The van der Waals surface area contributed by atoms with E-state index in [1.165, 1.54) is 132 Å². The summed E-state index contributed by atoms with van der Waals surface area (Å²) >= 11 is 0.